The molecule has 0 aliphatic carbocycles. The second-order valence-corrected chi connectivity index (χ2v) is 5.19. The predicted octanol–water partition coefficient (Wildman–Crippen LogP) is 2.04. The van der Waals surface area contributed by atoms with Gasteiger partial charge in [-0.3, -0.25) is 9.69 Å². The lowest BCUT2D eigenvalue weighted by atomic mass is 10.1. The fourth-order valence-corrected chi connectivity index (χ4v) is 2.57. The first-order chi connectivity index (χ1) is 9.67. The molecule has 1 aromatic heterocycles. The minimum Gasteiger partial charge on any atom is -0.459 e. The van der Waals surface area contributed by atoms with Gasteiger partial charge in [-0.1, -0.05) is 13.3 Å². The Bertz CT molecular complexity index is 495. The monoisotopic (exact) mass is 275 g/mol. The highest BCUT2D eigenvalue weighted by atomic mass is 16.3. The second-order valence-electron chi connectivity index (χ2n) is 5.19. The summed E-state index contributed by atoms with van der Waals surface area (Å²) in [6.07, 6.45) is 3.44. The molecule has 0 bridgehead atoms. The Balaban J connectivity index is 1.93. The lowest BCUT2D eigenvalue weighted by molar-refractivity contribution is 0.0570. The Hall–Kier alpha value is -1.80. The molecule has 1 saturated heterocycles. The molecule has 1 atom stereocenters. The van der Waals surface area contributed by atoms with Crippen molar-refractivity contribution in [2.24, 2.45) is 0 Å². The molecule has 20 heavy (non-hydrogen) atoms. The van der Waals surface area contributed by atoms with Crippen LogP contribution in [0.2, 0.25) is 0 Å². The fourth-order valence-electron chi connectivity index (χ4n) is 2.57. The van der Waals surface area contributed by atoms with Gasteiger partial charge in [0.05, 0.1) is 18.4 Å². The van der Waals surface area contributed by atoms with Crippen LogP contribution in [0.5, 0.6) is 0 Å². The summed E-state index contributed by atoms with van der Waals surface area (Å²) in [6.45, 7) is 6.78. The van der Waals surface area contributed by atoms with E-state index < -0.39 is 0 Å². The van der Waals surface area contributed by atoms with Gasteiger partial charge in [-0.15, -0.1) is 0 Å². The first kappa shape index (κ1) is 14.6. The van der Waals surface area contributed by atoms with E-state index in [1.807, 2.05) is 11.8 Å². The maximum Gasteiger partial charge on any atom is 0.289 e. The molecule has 1 amide bonds. The quantitative estimate of drug-likeness (QED) is 0.843. The lowest BCUT2D eigenvalue weighted by Crippen LogP contribution is -2.51. The van der Waals surface area contributed by atoms with Crippen molar-refractivity contribution in [2.75, 3.05) is 26.2 Å². The maximum absolute atomic E-state index is 12.3. The molecule has 0 saturated carbocycles. The Kier molecular flexibility index (Phi) is 4.80. The van der Waals surface area contributed by atoms with Crippen molar-refractivity contribution >= 4 is 5.91 Å². The molecule has 5 heteroatoms. The summed E-state index contributed by atoms with van der Waals surface area (Å²) in [6, 6.07) is 4.13. The van der Waals surface area contributed by atoms with E-state index >= 15 is 0 Å². The topological polar surface area (TPSA) is 60.5 Å². The molecule has 0 aromatic carbocycles. The summed E-state index contributed by atoms with van der Waals surface area (Å²) in [5.41, 5.74) is 0.873. The average Bonchev–Trinajstić information content (AvgIpc) is 2.90. The third-order valence-corrected chi connectivity index (χ3v) is 3.81. The molecular formula is C15H21N3O2. The molecule has 1 aromatic rings. The van der Waals surface area contributed by atoms with Gasteiger partial charge < -0.3 is 9.32 Å². The van der Waals surface area contributed by atoms with Crippen molar-refractivity contribution in [3.63, 3.8) is 0 Å². The van der Waals surface area contributed by atoms with E-state index in [4.69, 9.17) is 4.42 Å². The zero-order valence-electron chi connectivity index (χ0n) is 12.1. The van der Waals surface area contributed by atoms with E-state index in [9.17, 15) is 10.1 Å². The number of hydrogen-bond acceptors (Lipinski definition) is 4. The van der Waals surface area contributed by atoms with Gasteiger partial charge >= 0.3 is 0 Å². The second kappa shape index (κ2) is 6.58. The van der Waals surface area contributed by atoms with E-state index in [0.717, 1.165) is 31.5 Å². The fraction of sp³-hybridized carbons (Fsp3) is 0.600. The Labute approximate surface area is 119 Å². The molecule has 1 aliphatic rings. The average molecular weight is 275 g/mol. The van der Waals surface area contributed by atoms with E-state index in [1.165, 1.54) is 0 Å². The van der Waals surface area contributed by atoms with E-state index in [0.29, 0.717) is 18.8 Å². The number of carbonyl (C=O) groups excluding carboxylic acids is 1. The van der Waals surface area contributed by atoms with Crippen LogP contribution >= 0.6 is 0 Å². The van der Waals surface area contributed by atoms with Crippen molar-refractivity contribution in [3.8, 4) is 6.07 Å². The highest BCUT2D eigenvalue weighted by Gasteiger charge is 2.27. The van der Waals surface area contributed by atoms with Crippen LogP contribution in [-0.4, -0.2) is 47.9 Å². The third-order valence-electron chi connectivity index (χ3n) is 3.81. The molecule has 1 aliphatic heterocycles. The van der Waals surface area contributed by atoms with Gasteiger partial charge in [0.1, 0.15) is 0 Å². The van der Waals surface area contributed by atoms with Gasteiger partial charge in [0.25, 0.3) is 5.91 Å². The maximum atomic E-state index is 12.3. The van der Waals surface area contributed by atoms with Gasteiger partial charge in [-0.2, -0.15) is 5.26 Å². The zero-order valence-corrected chi connectivity index (χ0v) is 12.1. The standard InChI is InChI=1S/C15H21N3O2/c1-3-4-13(11-16)17-6-8-18(9-7-17)15(19)14-12(2)5-10-20-14/h5,10,13H,3-4,6-9H2,1-2H3. The molecule has 2 heterocycles. The predicted molar refractivity (Wildman–Crippen MR) is 75.2 cm³/mol. The molecule has 108 valence electrons. The normalized spacial score (nSPS) is 17.8. The van der Waals surface area contributed by atoms with Crippen LogP contribution in [0.15, 0.2) is 16.7 Å². The summed E-state index contributed by atoms with van der Waals surface area (Å²) >= 11 is 0. The number of hydrogen-bond donors (Lipinski definition) is 0. The van der Waals surface area contributed by atoms with Crippen molar-refractivity contribution in [1.82, 2.24) is 9.80 Å². The molecule has 0 radical (unpaired) electrons. The van der Waals surface area contributed by atoms with Gasteiger partial charge in [-0.05, 0) is 19.4 Å². The third kappa shape index (κ3) is 3.02. The van der Waals surface area contributed by atoms with Crippen LogP contribution in [-0.2, 0) is 0 Å². The summed E-state index contributed by atoms with van der Waals surface area (Å²) in [7, 11) is 0. The number of furan rings is 1. The highest BCUT2D eigenvalue weighted by Crippen LogP contribution is 2.15. The van der Waals surface area contributed by atoms with Crippen LogP contribution in [0, 0.1) is 18.3 Å². The van der Waals surface area contributed by atoms with Crippen molar-refractivity contribution in [3.05, 3.63) is 23.7 Å². The van der Waals surface area contributed by atoms with Crippen molar-refractivity contribution in [1.29, 1.82) is 5.26 Å². The molecule has 2 rings (SSSR count). The molecule has 0 N–H and O–H groups in total. The van der Waals surface area contributed by atoms with Crippen LogP contribution in [0.25, 0.3) is 0 Å². The van der Waals surface area contributed by atoms with Crippen LogP contribution in [0.3, 0.4) is 0 Å². The van der Waals surface area contributed by atoms with Gasteiger partial charge in [0, 0.05) is 31.7 Å². The Morgan fingerprint density at radius 1 is 1.45 bits per heavy atom. The summed E-state index contributed by atoms with van der Waals surface area (Å²) in [5, 5.41) is 9.18. The number of nitrogens with zero attached hydrogens (tertiary/aromatic N) is 3. The summed E-state index contributed by atoms with van der Waals surface area (Å²) < 4.78 is 5.26. The number of carbonyl (C=O) groups is 1. The van der Waals surface area contributed by atoms with Crippen molar-refractivity contribution in [2.45, 2.75) is 32.7 Å². The van der Waals surface area contributed by atoms with E-state index in [-0.39, 0.29) is 11.9 Å². The Morgan fingerprint density at radius 3 is 2.65 bits per heavy atom. The van der Waals surface area contributed by atoms with Crippen molar-refractivity contribution < 1.29 is 9.21 Å². The van der Waals surface area contributed by atoms with E-state index in [2.05, 4.69) is 17.9 Å². The largest absolute Gasteiger partial charge is 0.459 e. The molecular weight excluding hydrogens is 254 g/mol. The lowest BCUT2D eigenvalue weighted by Gasteiger charge is -2.36. The smallest absolute Gasteiger partial charge is 0.289 e. The number of nitriles is 1. The molecule has 1 fully saturated rings. The molecule has 1 unspecified atom stereocenters. The van der Waals surface area contributed by atoms with Crippen LogP contribution < -0.4 is 0 Å². The molecule has 0 spiro atoms. The number of rotatable bonds is 4. The minimum absolute atomic E-state index is 0.0254. The minimum atomic E-state index is -0.0452. The Morgan fingerprint density at radius 2 is 2.15 bits per heavy atom. The number of piperazine rings is 1. The SMILES string of the molecule is CCCC(C#N)N1CCN(C(=O)c2occc2C)CC1. The molecule has 5 nitrogen and oxygen atoms in total. The number of amides is 1. The van der Waals surface area contributed by atoms with Gasteiger partial charge in [0.2, 0.25) is 0 Å². The van der Waals surface area contributed by atoms with Gasteiger partial charge in [0.15, 0.2) is 5.76 Å². The van der Waals surface area contributed by atoms with Crippen LogP contribution in [0.4, 0.5) is 0 Å². The van der Waals surface area contributed by atoms with Gasteiger partial charge in [-0.25, -0.2) is 0 Å². The number of aryl methyl sites for hydroxylation is 1. The van der Waals surface area contributed by atoms with Crippen LogP contribution in [0.1, 0.15) is 35.9 Å². The summed E-state index contributed by atoms with van der Waals surface area (Å²) in [4.78, 5) is 16.3. The zero-order chi connectivity index (χ0) is 14.5. The highest BCUT2D eigenvalue weighted by molar-refractivity contribution is 5.92. The van der Waals surface area contributed by atoms with E-state index in [1.54, 1.807) is 12.3 Å². The first-order valence-electron chi connectivity index (χ1n) is 7.14. The summed E-state index contributed by atoms with van der Waals surface area (Å²) in [5.74, 6) is 0.389. The first-order valence-corrected chi connectivity index (χ1v) is 7.14.